The maximum atomic E-state index is 5.50. The number of hydrogen-bond donors (Lipinski definition) is 2. The van der Waals surface area contributed by atoms with Crippen LogP contribution in [0.5, 0.6) is 0 Å². The van der Waals surface area contributed by atoms with E-state index in [2.05, 4.69) is 0 Å². The van der Waals surface area contributed by atoms with Gasteiger partial charge in [0, 0.05) is 0 Å². The van der Waals surface area contributed by atoms with E-state index in [0.717, 1.165) is 0 Å². The fourth-order valence-electron chi connectivity index (χ4n) is 0. The van der Waals surface area contributed by atoms with E-state index in [1.54, 1.807) is 0 Å². The Morgan fingerprint density at radius 2 is 1.20 bits per heavy atom. The minimum absolute atomic E-state index is 0. The molecule has 0 spiro atoms. The molecule has 0 saturated carbocycles. The van der Waals surface area contributed by atoms with Crippen LogP contribution in [-0.2, 0) is 0 Å². The Bertz CT molecular complexity index is 27.9. The van der Waals surface area contributed by atoms with Crippen molar-refractivity contribution < 1.29 is 12.4 Å². The Kier molecular flexibility index (Phi) is 193. The lowest BCUT2D eigenvalue weighted by Gasteiger charge is -1.00. The number of halogens is 1. The van der Waals surface area contributed by atoms with Crippen LogP contribution >= 0.6 is 0 Å². The van der Waals surface area contributed by atoms with Gasteiger partial charge in [-0.2, -0.15) is 0 Å². The molecule has 32 valence electrons. The van der Waals surface area contributed by atoms with E-state index in [1.807, 2.05) is 4.91 Å². The van der Waals surface area contributed by atoms with E-state index in [9.17, 15) is 0 Å². The number of hydrogen-bond acceptors (Lipinski definition) is 2. The largest absolute Gasteiger partial charge is 1.00 e. The minimum atomic E-state index is 0. The topological polar surface area (TPSA) is 61.8 Å². The van der Waals surface area contributed by atoms with Gasteiger partial charge in [-0.15, -0.1) is 0 Å². The van der Waals surface area contributed by atoms with Gasteiger partial charge >= 0.3 is 0 Å². The molecule has 0 aromatic heterocycles. The van der Waals surface area contributed by atoms with Crippen LogP contribution in [0.4, 0.5) is 0 Å². The molecule has 0 rings (SSSR count). The summed E-state index contributed by atoms with van der Waals surface area (Å²) in [5.41, 5.74) is 11.0. The molecule has 0 saturated heterocycles. The van der Waals surface area contributed by atoms with Crippen LogP contribution in [-0.4, -0.2) is 11.0 Å². The molecular weight excluding hydrogens is 106 g/mol. The molecule has 0 aliphatic carbocycles. The molecule has 0 bridgehead atoms. The van der Waals surface area contributed by atoms with Crippen molar-refractivity contribution in [3.63, 3.8) is 0 Å². The van der Waals surface area contributed by atoms with Crippen LogP contribution in [0.25, 0.3) is 0 Å². The summed E-state index contributed by atoms with van der Waals surface area (Å²) < 4.78 is 0. The minimum Gasteiger partial charge on any atom is -1.00 e. The molecule has 0 aliphatic rings. The van der Waals surface area contributed by atoms with Crippen LogP contribution in [0.15, 0.2) is 0 Å². The van der Waals surface area contributed by atoms with Crippen LogP contribution in [0, 0.1) is 11.1 Å². The summed E-state index contributed by atoms with van der Waals surface area (Å²) >= 11 is 0. The average Bonchev–Trinajstić information content (AvgIpc) is 0.918. The second kappa shape index (κ2) is 45.4. The van der Waals surface area contributed by atoms with E-state index >= 15 is 0 Å². The Balaban J connectivity index is -0.0000000200. The van der Waals surface area contributed by atoms with E-state index in [4.69, 9.17) is 11.1 Å². The second-order valence-corrected chi connectivity index (χ2v) is 0.112. The van der Waals surface area contributed by atoms with E-state index in [0.29, 0.717) is 0 Å². The van der Waals surface area contributed by atoms with Gasteiger partial charge in [0.05, 0.1) is 0 Å². The highest BCUT2D eigenvalue weighted by molar-refractivity contribution is 5.75. The zero-order valence-corrected chi connectivity index (χ0v) is 2.58. The van der Waals surface area contributed by atoms with Crippen molar-refractivity contribution >= 4 is 11.0 Å². The first-order valence-electron chi connectivity index (χ1n) is 0.447. The molecule has 0 heterocycles. The maximum absolute atomic E-state index is 5.50. The molecule has 0 atom stereocenters. The SMILES string of the molecule is N=[N+]=N.[Cl-].[SiH4]. The van der Waals surface area contributed by atoms with Gasteiger partial charge in [-0.25, -0.2) is 0 Å². The van der Waals surface area contributed by atoms with Gasteiger partial charge in [-0.3, -0.25) is 0 Å². The van der Waals surface area contributed by atoms with Gasteiger partial charge in [0.15, 0.2) is 0 Å². The van der Waals surface area contributed by atoms with Crippen LogP contribution < -0.4 is 17.3 Å². The smallest absolute Gasteiger partial charge is 0.211 e. The average molecular weight is 112 g/mol. The molecule has 0 fully saturated rings. The third kappa shape index (κ3) is 376. The second-order valence-electron chi connectivity index (χ2n) is 0.112. The lowest BCUT2D eigenvalue weighted by molar-refractivity contribution is -0.00000134. The Hall–Kier alpha value is -0.183. The Morgan fingerprint density at radius 3 is 1.20 bits per heavy atom. The number of rotatable bonds is 0. The van der Waals surface area contributed by atoms with Gasteiger partial charge < -0.3 is 12.4 Å². The molecule has 0 radical (unpaired) electrons. The summed E-state index contributed by atoms with van der Waals surface area (Å²) in [6.45, 7) is 0. The summed E-state index contributed by atoms with van der Waals surface area (Å²) in [5.74, 6) is 0. The van der Waals surface area contributed by atoms with Crippen LogP contribution in [0.1, 0.15) is 0 Å². The van der Waals surface area contributed by atoms with Crippen molar-refractivity contribution in [3.8, 4) is 0 Å². The van der Waals surface area contributed by atoms with Gasteiger partial charge in [0.2, 0.25) is 4.91 Å². The molecule has 0 amide bonds. The van der Waals surface area contributed by atoms with E-state index in [1.165, 1.54) is 0 Å². The highest BCUT2D eigenvalue weighted by atomic mass is 35.5. The fourth-order valence-corrected chi connectivity index (χ4v) is 0. The maximum Gasteiger partial charge on any atom is 0.211 e. The molecule has 2 N–H and O–H groups in total. The molecule has 5 heteroatoms. The normalized spacial score (nSPS) is 1.60. The van der Waals surface area contributed by atoms with Crippen molar-refractivity contribution in [1.29, 1.82) is 11.1 Å². The van der Waals surface area contributed by atoms with Crippen molar-refractivity contribution in [3.05, 3.63) is 0 Å². The molecule has 3 nitrogen and oxygen atoms in total. The van der Waals surface area contributed by atoms with E-state index < -0.39 is 0 Å². The summed E-state index contributed by atoms with van der Waals surface area (Å²) in [6.07, 6.45) is 0. The molecule has 0 aliphatic heterocycles. The highest BCUT2D eigenvalue weighted by Gasteiger charge is 1.16. The molecule has 0 aromatic carbocycles. The third-order valence-corrected chi connectivity index (χ3v) is 0. The zero-order valence-electron chi connectivity index (χ0n) is 1.83. The summed E-state index contributed by atoms with van der Waals surface area (Å²) in [6, 6.07) is 0. The first-order valence-corrected chi connectivity index (χ1v) is 0.447. The zero-order chi connectivity index (χ0) is 2.71. The van der Waals surface area contributed by atoms with Gasteiger partial charge in [-0.05, 0) is 11.0 Å². The molecule has 5 heavy (non-hydrogen) atoms. The first-order chi connectivity index (χ1) is 1.41. The standard InChI is InChI=1S/ClH.H2N3.H4Si/c;1-3-2;/h1H;1-2H;1H4/q;+1;/p-1. The van der Waals surface area contributed by atoms with Crippen molar-refractivity contribution in [2.75, 3.05) is 0 Å². The summed E-state index contributed by atoms with van der Waals surface area (Å²) in [7, 11) is 0. The van der Waals surface area contributed by atoms with Crippen molar-refractivity contribution in [2.24, 2.45) is 0 Å². The monoisotopic (exact) mass is 111 g/mol. The van der Waals surface area contributed by atoms with Crippen molar-refractivity contribution in [2.45, 2.75) is 0 Å². The number of nitrogens with zero attached hydrogens (tertiary/aromatic N) is 1. The Labute approximate surface area is 40.2 Å². The number of nitrogens with one attached hydrogen (secondary N) is 2. The van der Waals surface area contributed by atoms with Crippen LogP contribution in [0.2, 0.25) is 0 Å². The molecule has 0 unspecified atom stereocenters. The molecule has 0 aromatic rings. The van der Waals surface area contributed by atoms with Gasteiger partial charge in [0.25, 0.3) is 0 Å². The first kappa shape index (κ1) is 21.3. The summed E-state index contributed by atoms with van der Waals surface area (Å²) in [4.78, 5) is 2.00. The Morgan fingerprint density at radius 1 is 1.20 bits per heavy atom. The summed E-state index contributed by atoms with van der Waals surface area (Å²) in [5, 5.41) is 0. The fraction of sp³-hybridized carbons (Fsp3) is 0. The predicted octanol–water partition coefficient (Wildman–Crippen LogP) is -4.33. The van der Waals surface area contributed by atoms with Crippen molar-refractivity contribution in [1.82, 2.24) is 4.91 Å². The molecular formula is H6ClN3Si. The lowest BCUT2D eigenvalue weighted by Crippen LogP contribution is -3.00. The predicted molar refractivity (Wildman–Crippen MR) is 18.9 cm³/mol. The third-order valence-electron chi connectivity index (χ3n) is 0. The van der Waals surface area contributed by atoms with Crippen LogP contribution in [0.3, 0.4) is 0 Å². The highest BCUT2D eigenvalue weighted by Crippen LogP contribution is 0.841. The lowest BCUT2D eigenvalue weighted by atomic mass is 13.0. The van der Waals surface area contributed by atoms with Gasteiger partial charge in [-0.1, -0.05) is 0 Å². The van der Waals surface area contributed by atoms with Gasteiger partial charge in [0.1, 0.15) is 11.1 Å². The van der Waals surface area contributed by atoms with E-state index in [-0.39, 0.29) is 23.4 Å². The quantitative estimate of drug-likeness (QED) is 0.181.